The minimum atomic E-state index is -5.09. The van der Waals surface area contributed by atoms with Crippen molar-refractivity contribution in [1.82, 2.24) is 0 Å². The maximum atomic E-state index is 12.4. The molecule has 1 aromatic carbocycles. The first-order valence-corrected chi connectivity index (χ1v) is 12.1. The number of phenols is 1. The molecule has 1 amide bonds. The fraction of sp³-hybridized carbons (Fsp3) is 0.556. The molecule has 0 bridgehead atoms. The molecule has 1 rings (SSSR count). The number of nitrogens with one attached hydrogen (secondary N) is 1. The number of phenolic OH excluding ortho intramolecular Hbond substituents is 1. The number of anilines is 1. The Morgan fingerprint density at radius 1 is 1.27 bits per heavy atom. The van der Waals surface area contributed by atoms with Crippen molar-refractivity contribution in [2.24, 2.45) is 5.92 Å². The summed E-state index contributed by atoms with van der Waals surface area (Å²) < 4.78 is 27.2. The topological polar surface area (TPSA) is 113 Å². The van der Waals surface area contributed by atoms with Crippen LogP contribution in [0.1, 0.15) is 59.3 Å². The normalized spacial score (nSPS) is 14.3. The van der Waals surface area contributed by atoms with Crippen LogP contribution in [0.5, 0.6) is 5.75 Å². The van der Waals surface area contributed by atoms with Crippen LogP contribution >= 0.6 is 0 Å². The summed E-state index contributed by atoms with van der Waals surface area (Å²) in [6.07, 6.45) is 4.94. The average Bonchev–Trinajstić information content (AvgIpc) is 2.53. The van der Waals surface area contributed by atoms with Crippen molar-refractivity contribution in [2.75, 3.05) is 5.32 Å². The summed E-state index contributed by atoms with van der Waals surface area (Å²) in [4.78, 5) is 23.0. The Morgan fingerprint density at radius 3 is 2.54 bits per heavy atom. The molecule has 0 aliphatic rings. The number of hydrogen-bond donors (Lipinski definition) is 3. The van der Waals surface area contributed by atoms with Crippen LogP contribution in [0.3, 0.4) is 0 Å². The van der Waals surface area contributed by atoms with Crippen molar-refractivity contribution in [2.45, 2.75) is 59.3 Å². The number of carbonyl (C=O) groups is 2. The van der Waals surface area contributed by atoms with Crippen LogP contribution in [0.2, 0.25) is 0 Å². The summed E-state index contributed by atoms with van der Waals surface area (Å²) >= 11 is -5.09. The first kappa shape index (κ1) is 22.3. The zero-order valence-electron chi connectivity index (χ0n) is 15.5. The molecule has 0 aliphatic heterocycles. The zero-order valence-corrected chi connectivity index (χ0v) is 17.4. The van der Waals surface area contributed by atoms with Gasteiger partial charge in [0.15, 0.2) is 0 Å². The van der Waals surface area contributed by atoms with Gasteiger partial charge in [-0.3, -0.25) is 0 Å². The van der Waals surface area contributed by atoms with E-state index in [1.807, 2.05) is 0 Å². The molecule has 7 nitrogen and oxygen atoms in total. The number of benzene rings is 1. The Hall–Kier alpha value is -1.72. The van der Waals surface area contributed by atoms with E-state index in [2.05, 4.69) is 19.2 Å². The number of unbranched alkanes of at least 4 members (excludes halogenated alkanes) is 1. The van der Waals surface area contributed by atoms with Gasteiger partial charge in [0.1, 0.15) is 0 Å². The maximum absolute atomic E-state index is 12.4. The van der Waals surface area contributed by atoms with Crippen LogP contribution in [0, 0.1) is 5.92 Å². The summed E-state index contributed by atoms with van der Waals surface area (Å²) in [5, 5.41) is 12.0. The summed E-state index contributed by atoms with van der Waals surface area (Å²) in [6.45, 7) is 5.50. The third kappa shape index (κ3) is 7.66. The van der Waals surface area contributed by atoms with Crippen molar-refractivity contribution in [3.8, 4) is 5.75 Å². The molecule has 0 fully saturated rings. The molecule has 0 aromatic heterocycles. The molecule has 2 unspecified atom stereocenters. The zero-order chi connectivity index (χ0) is 19.7. The van der Waals surface area contributed by atoms with Crippen LogP contribution in [0.4, 0.5) is 5.69 Å². The first-order chi connectivity index (χ1) is 12.2. The summed E-state index contributed by atoms with van der Waals surface area (Å²) in [7, 11) is 0. The number of amides is 1. The quantitative estimate of drug-likeness (QED) is 0.389. The van der Waals surface area contributed by atoms with Gasteiger partial charge in [-0.25, -0.2) is 0 Å². The van der Waals surface area contributed by atoms with Gasteiger partial charge < -0.3 is 0 Å². The van der Waals surface area contributed by atoms with E-state index >= 15 is 0 Å². The van der Waals surface area contributed by atoms with Crippen molar-refractivity contribution in [1.29, 1.82) is 0 Å². The first-order valence-electron chi connectivity index (χ1n) is 8.82. The Balaban J connectivity index is 2.63. The number of hydrogen-bond acceptors (Lipinski definition) is 5. The molecule has 2 atom stereocenters. The van der Waals surface area contributed by atoms with E-state index in [1.165, 1.54) is 19.1 Å². The number of carbonyl (C=O) groups excluding carboxylic acids is 2. The SMILES string of the molecule is CCCCC(C)CCCC(=O)O[As](=O)(O)c1ccc(O)c(NC(C)=O)c1. The summed E-state index contributed by atoms with van der Waals surface area (Å²) in [6, 6.07) is 3.53. The molecule has 26 heavy (non-hydrogen) atoms. The van der Waals surface area contributed by atoms with Crippen molar-refractivity contribution in [3.63, 3.8) is 0 Å². The molecular weight excluding hydrogens is 401 g/mol. The van der Waals surface area contributed by atoms with Gasteiger partial charge in [0.25, 0.3) is 0 Å². The number of rotatable bonds is 10. The molecule has 0 aliphatic carbocycles. The van der Waals surface area contributed by atoms with Crippen LogP contribution < -0.4 is 9.67 Å². The molecule has 0 spiro atoms. The second-order valence-corrected chi connectivity index (χ2v) is 10.2. The van der Waals surface area contributed by atoms with Crippen LogP contribution in [0.25, 0.3) is 0 Å². The molecule has 8 heteroatoms. The van der Waals surface area contributed by atoms with Crippen LogP contribution in [-0.4, -0.2) is 35.3 Å². The number of aromatic hydroxyl groups is 1. The van der Waals surface area contributed by atoms with Gasteiger partial charge in [0, 0.05) is 0 Å². The summed E-state index contributed by atoms with van der Waals surface area (Å²) in [5.74, 6) is -0.892. The minimum absolute atomic E-state index is 0.00789. The Labute approximate surface area is 157 Å². The van der Waals surface area contributed by atoms with Crippen molar-refractivity contribution >= 4 is 36.1 Å². The Kier molecular flexibility index (Phi) is 8.96. The second kappa shape index (κ2) is 10.4. The molecule has 146 valence electrons. The van der Waals surface area contributed by atoms with Gasteiger partial charge in [-0.15, -0.1) is 0 Å². The fourth-order valence-electron chi connectivity index (χ4n) is 2.52. The average molecular weight is 429 g/mol. The molecular formula is C18H28AsNO6. The van der Waals surface area contributed by atoms with Crippen molar-refractivity contribution < 1.29 is 26.3 Å². The molecule has 0 heterocycles. The van der Waals surface area contributed by atoms with E-state index in [0.717, 1.165) is 31.7 Å². The Morgan fingerprint density at radius 2 is 1.92 bits per heavy atom. The third-order valence-electron chi connectivity index (χ3n) is 3.97. The monoisotopic (exact) mass is 429 g/mol. The fourth-order valence-corrected chi connectivity index (χ4v) is 4.67. The van der Waals surface area contributed by atoms with E-state index in [4.69, 9.17) is 3.73 Å². The van der Waals surface area contributed by atoms with Gasteiger partial charge in [0.05, 0.1) is 0 Å². The molecule has 0 saturated carbocycles. The standard InChI is InChI=1S/C18H28AsNO6/c1-4-5-7-13(2)8-6-9-18(23)26-19(24,25)15-10-11-17(22)16(12-15)20-14(3)21/h10-13,22H,4-9H2,1-3H3,(H,20,21)(H,24,25). The van der Waals surface area contributed by atoms with Gasteiger partial charge in [-0.1, -0.05) is 0 Å². The molecule has 1 aromatic rings. The van der Waals surface area contributed by atoms with E-state index in [-0.39, 0.29) is 22.2 Å². The molecule has 3 N–H and O–H groups in total. The van der Waals surface area contributed by atoms with E-state index < -0.39 is 26.0 Å². The van der Waals surface area contributed by atoms with E-state index in [0.29, 0.717) is 12.3 Å². The van der Waals surface area contributed by atoms with Crippen molar-refractivity contribution in [3.05, 3.63) is 18.2 Å². The predicted octanol–water partition coefficient (Wildman–Crippen LogP) is 2.46. The van der Waals surface area contributed by atoms with Crippen LogP contribution in [0.15, 0.2) is 18.2 Å². The Bertz CT molecular complexity index is 676. The predicted molar refractivity (Wildman–Crippen MR) is 99.3 cm³/mol. The van der Waals surface area contributed by atoms with Gasteiger partial charge >= 0.3 is 157 Å². The van der Waals surface area contributed by atoms with E-state index in [9.17, 15) is 22.5 Å². The van der Waals surface area contributed by atoms with Gasteiger partial charge in [-0.2, -0.15) is 0 Å². The van der Waals surface area contributed by atoms with Crippen LogP contribution in [-0.2, 0) is 17.1 Å². The second-order valence-electron chi connectivity index (χ2n) is 6.51. The van der Waals surface area contributed by atoms with E-state index in [1.54, 1.807) is 0 Å². The molecule has 0 radical (unpaired) electrons. The molecule has 0 saturated heterocycles. The third-order valence-corrected chi connectivity index (χ3v) is 6.87. The van der Waals surface area contributed by atoms with Gasteiger partial charge in [-0.05, 0) is 0 Å². The summed E-state index contributed by atoms with van der Waals surface area (Å²) in [5.41, 5.74) is -0.00789. The van der Waals surface area contributed by atoms with Gasteiger partial charge in [0.2, 0.25) is 0 Å².